The van der Waals surface area contributed by atoms with E-state index in [1.54, 1.807) is 0 Å². The van der Waals surface area contributed by atoms with Crippen molar-refractivity contribution >= 4 is 0 Å². The van der Waals surface area contributed by atoms with Crippen molar-refractivity contribution < 1.29 is 20.1 Å². The minimum absolute atomic E-state index is 0.0736. The molecule has 0 radical (unpaired) electrons. The molecule has 2 unspecified atom stereocenters. The molecule has 1 aliphatic heterocycles. The smallest absolute Gasteiger partial charge is 0.109 e. The molecular weight excluding hydrogens is 172 g/mol. The number of aliphatic hydroxyl groups excluding tert-OH is 3. The van der Waals surface area contributed by atoms with Crippen LogP contribution in [0.2, 0.25) is 0 Å². The van der Waals surface area contributed by atoms with Gasteiger partial charge in [0.1, 0.15) is 12.2 Å². The number of rotatable bonds is 2. The van der Waals surface area contributed by atoms with E-state index in [0.29, 0.717) is 6.42 Å². The molecule has 0 saturated carbocycles. The van der Waals surface area contributed by atoms with Gasteiger partial charge in [-0.25, -0.2) is 0 Å². The fourth-order valence-electron chi connectivity index (χ4n) is 1.57. The molecular formula is C9H18O4. The van der Waals surface area contributed by atoms with Gasteiger partial charge in [0.05, 0.1) is 18.8 Å². The van der Waals surface area contributed by atoms with Crippen LogP contribution in [0.1, 0.15) is 20.3 Å². The molecule has 0 aliphatic carbocycles. The molecule has 4 heteroatoms. The predicted octanol–water partition coefficient (Wildman–Crippen LogP) is -0.486. The van der Waals surface area contributed by atoms with E-state index in [0.717, 1.165) is 0 Å². The maximum absolute atomic E-state index is 9.46. The lowest BCUT2D eigenvalue weighted by Gasteiger charge is -2.38. The van der Waals surface area contributed by atoms with Gasteiger partial charge in [-0.05, 0) is 5.92 Å². The Kier molecular flexibility index (Phi) is 3.67. The first-order valence-corrected chi connectivity index (χ1v) is 4.68. The number of hydrogen-bond acceptors (Lipinski definition) is 4. The van der Waals surface area contributed by atoms with Crippen LogP contribution in [0.5, 0.6) is 0 Å². The van der Waals surface area contributed by atoms with Crippen molar-refractivity contribution in [2.24, 2.45) is 5.92 Å². The molecule has 4 atom stereocenters. The van der Waals surface area contributed by atoms with E-state index in [4.69, 9.17) is 9.84 Å². The van der Waals surface area contributed by atoms with Crippen molar-refractivity contribution in [3.05, 3.63) is 0 Å². The number of hydrogen-bond donors (Lipinski definition) is 3. The van der Waals surface area contributed by atoms with Crippen molar-refractivity contribution in [3.63, 3.8) is 0 Å². The summed E-state index contributed by atoms with van der Waals surface area (Å²) in [5.41, 5.74) is 0. The highest BCUT2D eigenvalue weighted by Crippen LogP contribution is 2.24. The topological polar surface area (TPSA) is 69.9 Å². The van der Waals surface area contributed by atoms with Gasteiger partial charge >= 0.3 is 0 Å². The first kappa shape index (κ1) is 10.9. The van der Waals surface area contributed by atoms with Gasteiger partial charge in [-0.1, -0.05) is 13.8 Å². The van der Waals surface area contributed by atoms with Crippen LogP contribution in [0.3, 0.4) is 0 Å². The lowest BCUT2D eigenvalue weighted by molar-refractivity contribution is -0.189. The summed E-state index contributed by atoms with van der Waals surface area (Å²) >= 11 is 0. The van der Waals surface area contributed by atoms with Gasteiger partial charge < -0.3 is 20.1 Å². The Balaban J connectivity index is 2.58. The standard InChI is InChI=1S/C9H18O4/c1-5(2)7-3-6(11)9(12)8(4-10)13-7/h5-12H,3-4H2,1-2H3/t6?,7-,8?,9-/m1/s1. The molecule has 4 nitrogen and oxygen atoms in total. The van der Waals surface area contributed by atoms with E-state index in [2.05, 4.69) is 0 Å². The molecule has 3 N–H and O–H groups in total. The van der Waals surface area contributed by atoms with Crippen molar-refractivity contribution in [1.82, 2.24) is 0 Å². The monoisotopic (exact) mass is 190 g/mol. The molecule has 0 amide bonds. The zero-order valence-electron chi connectivity index (χ0n) is 8.05. The van der Waals surface area contributed by atoms with Gasteiger partial charge in [-0.15, -0.1) is 0 Å². The maximum Gasteiger partial charge on any atom is 0.109 e. The van der Waals surface area contributed by atoms with Crippen molar-refractivity contribution in [3.8, 4) is 0 Å². The van der Waals surface area contributed by atoms with Crippen LogP contribution in [-0.2, 0) is 4.74 Å². The second kappa shape index (κ2) is 4.37. The van der Waals surface area contributed by atoms with Crippen LogP contribution in [0.4, 0.5) is 0 Å². The van der Waals surface area contributed by atoms with Gasteiger partial charge in [0.15, 0.2) is 0 Å². The zero-order valence-corrected chi connectivity index (χ0v) is 8.05. The molecule has 1 fully saturated rings. The summed E-state index contributed by atoms with van der Waals surface area (Å²) < 4.78 is 5.42. The zero-order chi connectivity index (χ0) is 10.0. The maximum atomic E-state index is 9.46. The Hall–Kier alpha value is -0.160. The van der Waals surface area contributed by atoms with Crippen molar-refractivity contribution in [2.75, 3.05) is 6.61 Å². The van der Waals surface area contributed by atoms with Crippen LogP contribution in [0.25, 0.3) is 0 Å². The Bertz CT molecular complexity index is 160. The summed E-state index contributed by atoms with van der Waals surface area (Å²) in [5.74, 6) is 0.288. The molecule has 0 spiro atoms. The van der Waals surface area contributed by atoms with Gasteiger partial charge in [-0.2, -0.15) is 0 Å². The third-order valence-corrected chi connectivity index (χ3v) is 2.52. The van der Waals surface area contributed by atoms with E-state index in [-0.39, 0.29) is 18.6 Å². The van der Waals surface area contributed by atoms with E-state index < -0.39 is 18.3 Å². The normalized spacial score (nSPS) is 41.1. The highest BCUT2D eigenvalue weighted by molar-refractivity contribution is 4.85. The summed E-state index contributed by atoms with van der Waals surface area (Å²) in [6, 6.07) is 0. The Morgan fingerprint density at radius 1 is 1.38 bits per heavy atom. The lowest BCUT2D eigenvalue weighted by atomic mass is 9.92. The highest BCUT2D eigenvalue weighted by atomic mass is 16.5. The fourth-order valence-corrected chi connectivity index (χ4v) is 1.57. The summed E-state index contributed by atoms with van der Waals surface area (Å²) in [5, 5.41) is 27.7. The molecule has 1 aliphatic rings. The second-order valence-corrected chi connectivity index (χ2v) is 3.93. The molecule has 0 aromatic rings. The molecule has 0 aromatic heterocycles. The van der Waals surface area contributed by atoms with Gasteiger partial charge in [0, 0.05) is 6.42 Å². The first-order chi connectivity index (χ1) is 6.06. The average molecular weight is 190 g/mol. The highest BCUT2D eigenvalue weighted by Gasteiger charge is 2.37. The SMILES string of the molecule is CC(C)[C@H]1CC(O)[C@@H](O)C(CO)O1. The average Bonchev–Trinajstić information content (AvgIpc) is 2.09. The van der Waals surface area contributed by atoms with Crippen LogP contribution < -0.4 is 0 Å². The quantitative estimate of drug-likeness (QED) is 0.550. The minimum Gasteiger partial charge on any atom is -0.394 e. The molecule has 1 rings (SSSR count). The lowest BCUT2D eigenvalue weighted by Crippen LogP contribution is -2.51. The van der Waals surface area contributed by atoms with Crippen molar-refractivity contribution in [2.45, 2.75) is 44.7 Å². The Morgan fingerprint density at radius 3 is 2.46 bits per heavy atom. The molecule has 13 heavy (non-hydrogen) atoms. The van der Waals surface area contributed by atoms with E-state index in [1.165, 1.54) is 0 Å². The minimum atomic E-state index is -0.958. The predicted molar refractivity (Wildman–Crippen MR) is 47.2 cm³/mol. The molecule has 0 aromatic carbocycles. The first-order valence-electron chi connectivity index (χ1n) is 4.68. The molecule has 78 valence electrons. The van der Waals surface area contributed by atoms with Gasteiger partial charge in [0.25, 0.3) is 0 Å². The Labute approximate surface area is 78.1 Å². The largest absolute Gasteiger partial charge is 0.394 e. The number of ether oxygens (including phenoxy) is 1. The summed E-state index contributed by atoms with van der Waals surface area (Å²) in [6.07, 6.45) is -2.01. The van der Waals surface area contributed by atoms with Crippen LogP contribution in [0, 0.1) is 5.92 Å². The molecule has 0 bridgehead atoms. The van der Waals surface area contributed by atoms with Crippen LogP contribution >= 0.6 is 0 Å². The summed E-state index contributed by atoms with van der Waals surface area (Å²) in [7, 11) is 0. The summed E-state index contributed by atoms with van der Waals surface area (Å²) in [6.45, 7) is 3.73. The van der Waals surface area contributed by atoms with E-state index >= 15 is 0 Å². The summed E-state index contributed by atoms with van der Waals surface area (Å²) in [4.78, 5) is 0. The third-order valence-electron chi connectivity index (χ3n) is 2.52. The molecule has 1 saturated heterocycles. The fraction of sp³-hybridized carbons (Fsp3) is 1.00. The van der Waals surface area contributed by atoms with E-state index in [9.17, 15) is 10.2 Å². The van der Waals surface area contributed by atoms with Crippen molar-refractivity contribution in [1.29, 1.82) is 0 Å². The third kappa shape index (κ3) is 2.40. The van der Waals surface area contributed by atoms with Crippen LogP contribution in [0.15, 0.2) is 0 Å². The molecule has 1 heterocycles. The Morgan fingerprint density at radius 2 is 2.00 bits per heavy atom. The van der Waals surface area contributed by atoms with Crippen LogP contribution in [-0.4, -0.2) is 46.3 Å². The van der Waals surface area contributed by atoms with Gasteiger partial charge in [-0.3, -0.25) is 0 Å². The second-order valence-electron chi connectivity index (χ2n) is 3.93. The number of aliphatic hydroxyl groups is 3. The van der Waals surface area contributed by atoms with Gasteiger partial charge in [0.2, 0.25) is 0 Å². The van der Waals surface area contributed by atoms with E-state index in [1.807, 2.05) is 13.8 Å².